The highest BCUT2D eigenvalue weighted by Gasteiger charge is 2.29. The highest BCUT2D eigenvalue weighted by molar-refractivity contribution is 7.19. The van der Waals surface area contributed by atoms with Crippen molar-refractivity contribution >= 4 is 33.3 Å². The molecule has 38 heavy (non-hydrogen) atoms. The van der Waals surface area contributed by atoms with E-state index in [2.05, 4.69) is 29.2 Å². The first kappa shape index (κ1) is 24.7. The van der Waals surface area contributed by atoms with Crippen LogP contribution in [0.15, 0.2) is 48.5 Å². The van der Waals surface area contributed by atoms with E-state index in [1.165, 1.54) is 34.2 Å². The molecule has 0 saturated carbocycles. The molecule has 3 heterocycles. The summed E-state index contributed by atoms with van der Waals surface area (Å²) in [6.45, 7) is 2.71. The Morgan fingerprint density at radius 1 is 0.947 bits per heavy atom. The third kappa shape index (κ3) is 4.69. The van der Waals surface area contributed by atoms with Crippen LogP contribution in [0, 0.1) is 0 Å². The Labute approximate surface area is 227 Å². The van der Waals surface area contributed by atoms with Crippen molar-refractivity contribution in [3.8, 4) is 11.5 Å². The Kier molecular flexibility index (Phi) is 6.89. The van der Waals surface area contributed by atoms with Gasteiger partial charge in [0.2, 0.25) is 0 Å². The fraction of sp³-hybridized carbons (Fsp3) is 0.367. The van der Waals surface area contributed by atoms with Crippen molar-refractivity contribution < 1.29 is 14.3 Å². The number of methoxy groups -OCH3 is 2. The maximum absolute atomic E-state index is 13.4. The van der Waals surface area contributed by atoms with Gasteiger partial charge in [-0.3, -0.25) is 4.79 Å². The van der Waals surface area contributed by atoms with Crippen LogP contribution < -0.4 is 14.4 Å². The smallest absolute Gasteiger partial charge is 0.257 e. The second-order valence-electron chi connectivity index (χ2n) is 9.86. The summed E-state index contributed by atoms with van der Waals surface area (Å²) in [5.41, 5.74) is 3.21. The van der Waals surface area contributed by atoms with Crippen molar-refractivity contribution in [3.05, 3.63) is 75.9 Å². The van der Waals surface area contributed by atoms with E-state index in [1.54, 1.807) is 32.4 Å². The minimum absolute atomic E-state index is 0.0188. The van der Waals surface area contributed by atoms with Crippen LogP contribution in [0.4, 0.5) is 5.82 Å². The zero-order chi connectivity index (χ0) is 26.1. The molecule has 8 heteroatoms. The monoisotopic (exact) mass is 528 g/mol. The number of benzene rings is 2. The van der Waals surface area contributed by atoms with Gasteiger partial charge >= 0.3 is 0 Å². The lowest BCUT2D eigenvalue weighted by Crippen LogP contribution is -2.49. The summed E-state index contributed by atoms with van der Waals surface area (Å²) in [4.78, 5) is 30.4. The van der Waals surface area contributed by atoms with Crippen LogP contribution in [-0.2, 0) is 19.3 Å². The molecule has 4 aromatic rings. The molecule has 2 aromatic carbocycles. The highest BCUT2D eigenvalue weighted by Crippen LogP contribution is 2.40. The molecular formula is C30H32N4O3S. The SMILES string of the molecule is COc1ccc(C(=O)N2CCN(c3nc(Cc4ccccc4)nc4sc5c(c34)CCCC5)CC2)c(OC)c1. The van der Waals surface area contributed by atoms with E-state index >= 15 is 0 Å². The van der Waals surface area contributed by atoms with Gasteiger partial charge in [-0.25, -0.2) is 9.97 Å². The third-order valence-corrected chi connectivity index (χ3v) is 8.74. The number of aryl methyl sites for hydroxylation is 2. The number of carbonyl (C=O) groups is 1. The molecular weight excluding hydrogens is 496 g/mol. The quantitative estimate of drug-likeness (QED) is 0.345. The Balaban J connectivity index is 1.28. The zero-order valence-corrected chi connectivity index (χ0v) is 22.7. The van der Waals surface area contributed by atoms with Gasteiger partial charge in [-0.2, -0.15) is 0 Å². The summed E-state index contributed by atoms with van der Waals surface area (Å²) >= 11 is 1.85. The largest absolute Gasteiger partial charge is 0.497 e. The summed E-state index contributed by atoms with van der Waals surface area (Å²) in [7, 11) is 3.19. The topological polar surface area (TPSA) is 67.8 Å². The minimum Gasteiger partial charge on any atom is -0.497 e. The molecule has 1 saturated heterocycles. The van der Waals surface area contributed by atoms with Gasteiger partial charge in [0, 0.05) is 43.5 Å². The van der Waals surface area contributed by atoms with Crippen LogP contribution in [0.1, 0.15) is 45.0 Å². The van der Waals surface area contributed by atoms with Gasteiger partial charge in [0.25, 0.3) is 5.91 Å². The number of hydrogen-bond donors (Lipinski definition) is 0. The molecule has 6 rings (SSSR count). The molecule has 1 amide bonds. The van der Waals surface area contributed by atoms with Crippen LogP contribution in [0.5, 0.6) is 11.5 Å². The van der Waals surface area contributed by atoms with Crippen LogP contribution >= 0.6 is 11.3 Å². The number of thiophene rings is 1. The van der Waals surface area contributed by atoms with Crippen molar-refractivity contribution in [3.63, 3.8) is 0 Å². The Bertz CT molecular complexity index is 1460. The van der Waals surface area contributed by atoms with E-state index in [1.807, 2.05) is 22.3 Å². The van der Waals surface area contributed by atoms with Gasteiger partial charge < -0.3 is 19.3 Å². The van der Waals surface area contributed by atoms with Gasteiger partial charge in [0.15, 0.2) is 0 Å². The normalized spacial score (nSPS) is 15.4. The average Bonchev–Trinajstić information content (AvgIpc) is 3.35. The second-order valence-corrected chi connectivity index (χ2v) is 10.9. The fourth-order valence-corrected chi connectivity index (χ4v) is 6.81. The molecule has 196 valence electrons. The summed E-state index contributed by atoms with van der Waals surface area (Å²) in [5, 5.41) is 1.23. The third-order valence-electron chi connectivity index (χ3n) is 7.55. The second kappa shape index (κ2) is 10.6. The lowest BCUT2D eigenvalue weighted by atomic mass is 9.96. The number of carbonyl (C=O) groups excluding carboxylic acids is 1. The molecule has 2 aromatic heterocycles. The van der Waals surface area contributed by atoms with Gasteiger partial charge in [-0.15, -0.1) is 11.3 Å². The number of rotatable bonds is 6. The predicted octanol–water partition coefficient (Wildman–Crippen LogP) is 5.14. The summed E-state index contributed by atoms with van der Waals surface area (Å²) in [5.74, 6) is 3.08. The van der Waals surface area contributed by atoms with E-state index in [-0.39, 0.29) is 5.91 Å². The number of ether oxygens (including phenoxy) is 2. The van der Waals surface area contributed by atoms with Gasteiger partial charge in [-0.05, 0) is 48.9 Å². The number of nitrogens with zero attached hydrogens (tertiary/aromatic N) is 4. The van der Waals surface area contributed by atoms with Gasteiger partial charge in [-0.1, -0.05) is 30.3 Å². The van der Waals surface area contributed by atoms with Crippen LogP contribution in [0.3, 0.4) is 0 Å². The number of anilines is 1. The molecule has 2 aliphatic rings. The molecule has 0 atom stereocenters. The Hall–Kier alpha value is -3.65. The van der Waals surface area contributed by atoms with Crippen molar-refractivity contribution in [2.45, 2.75) is 32.1 Å². The lowest BCUT2D eigenvalue weighted by Gasteiger charge is -2.36. The molecule has 0 unspecified atom stereocenters. The fourth-order valence-electron chi connectivity index (χ4n) is 5.53. The average molecular weight is 529 g/mol. The number of aromatic nitrogens is 2. The van der Waals surface area contributed by atoms with Crippen molar-refractivity contribution in [2.24, 2.45) is 0 Å². The Morgan fingerprint density at radius 2 is 1.74 bits per heavy atom. The van der Waals surface area contributed by atoms with E-state index in [0.717, 1.165) is 42.4 Å². The first-order valence-corrected chi connectivity index (χ1v) is 14.1. The van der Waals surface area contributed by atoms with E-state index in [4.69, 9.17) is 19.4 Å². The van der Waals surface area contributed by atoms with Crippen LogP contribution in [-0.4, -0.2) is 61.2 Å². The van der Waals surface area contributed by atoms with E-state index < -0.39 is 0 Å². The standard InChI is InChI=1S/C30H32N4O3S/c1-36-21-12-13-22(24(19-21)37-2)30(35)34-16-14-33(15-17-34)28-27-23-10-6-7-11-25(23)38-29(27)32-26(31-28)18-20-8-4-3-5-9-20/h3-5,8-9,12-13,19H,6-7,10-11,14-18H2,1-2H3. The van der Waals surface area contributed by atoms with Crippen LogP contribution in [0.2, 0.25) is 0 Å². The minimum atomic E-state index is -0.0188. The number of fused-ring (bicyclic) bond motifs is 3. The summed E-state index contributed by atoms with van der Waals surface area (Å²) < 4.78 is 10.8. The van der Waals surface area contributed by atoms with Crippen molar-refractivity contribution in [2.75, 3.05) is 45.3 Å². The number of amides is 1. The number of hydrogen-bond acceptors (Lipinski definition) is 7. The summed E-state index contributed by atoms with van der Waals surface area (Å²) in [6.07, 6.45) is 5.41. The van der Waals surface area contributed by atoms with Crippen molar-refractivity contribution in [1.29, 1.82) is 0 Å². The molecule has 1 aliphatic heterocycles. The van der Waals surface area contributed by atoms with Gasteiger partial charge in [0.05, 0.1) is 25.2 Å². The number of piperazine rings is 1. The van der Waals surface area contributed by atoms with Crippen LogP contribution in [0.25, 0.3) is 10.2 Å². The zero-order valence-electron chi connectivity index (χ0n) is 21.9. The molecule has 7 nitrogen and oxygen atoms in total. The molecule has 0 N–H and O–H groups in total. The molecule has 0 spiro atoms. The van der Waals surface area contributed by atoms with Crippen molar-refractivity contribution in [1.82, 2.24) is 14.9 Å². The lowest BCUT2D eigenvalue weighted by molar-refractivity contribution is 0.0743. The maximum atomic E-state index is 13.4. The molecule has 0 bridgehead atoms. The van der Waals surface area contributed by atoms with Gasteiger partial charge in [0.1, 0.15) is 28.0 Å². The maximum Gasteiger partial charge on any atom is 0.257 e. The van der Waals surface area contributed by atoms with E-state index in [9.17, 15) is 4.79 Å². The molecule has 0 radical (unpaired) electrons. The molecule has 1 aliphatic carbocycles. The Morgan fingerprint density at radius 3 is 2.50 bits per heavy atom. The highest BCUT2D eigenvalue weighted by atomic mass is 32.1. The first-order chi connectivity index (χ1) is 18.6. The first-order valence-electron chi connectivity index (χ1n) is 13.3. The predicted molar refractivity (Wildman–Crippen MR) is 151 cm³/mol. The van der Waals surface area contributed by atoms with E-state index in [0.29, 0.717) is 36.6 Å². The molecule has 1 fully saturated rings. The summed E-state index contributed by atoms with van der Waals surface area (Å²) in [6, 6.07) is 15.8.